The molecule has 1 N–H and O–H groups in total. The quantitative estimate of drug-likeness (QED) is 0.523. The van der Waals surface area contributed by atoms with E-state index in [-0.39, 0.29) is 16.7 Å². The summed E-state index contributed by atoms with van der Waals surface area (Å²) in [5.74, 6) is 0.844. The van der Waals surface area contributed by atoms with E-state index < -0.39 is 4.92 Å². The lowest BCUT2D eigenvalue weighted by Gasteiger charge is -2.02. The van der Waals surface area contributed by atoms with Gasteiger partial charge in [-0.1, -0.05) is 11.6 Å². The van der Waals surface area contributed by atoms with Gasteiger partial charge < -0.3 is 5.32 Å². The van der Waals surface area contributed by atoms with Crippen molar-refractivity contribution in [3.05, 3.63) is 39.7 Å². The molecule has 0 aliphatic carbocycles. The molecule has 2 heterocycles. The minimum atomic E-state index is -0.524. The molecule has 0 saturated carbocycles. The van der Waals surface area contributed by atoms with Crippen molar-refractivity contribution in [2.45, 2.75) is 13.5 Å². The monoisotopic (exact) mass is 267 g/mol. The lowest BCUT2D eigenvalue weighted by molar-refractivity contribution is -0.384. The lowest BCUT2D eigenvalue weighted by Crippen LogP contribution is -1.99. The van der Waals surface area contributed by atoms with E-state index >= 15 is 0 Å². The third-order valence-electron chi connectivity index (χ3n) is 2.21. The molecule has 2 aromatic rings. The molecule has 0 amide bonds. The second kappa shape index (κ2) is 5.01. The second-order valence-corrected chi connectivity index (χ2v) is 3.86. The smallest absolute Gasteiger partial charge is 0.276 e. The fourth-order valence-electron chi connectivity index (χ4n) is 1.39. The zero-order valence-electron chi connectivity index (χ0n) is 9.50. The molecular formula is C10H10ClN5O2. The zero-order valence-corrected chi connectivity index (χ0v) is 10.3. The number of hydrogen-bond donors (Lipinski definition) is 1. The third kappa shape index (κ3) is 2.75. The molecule has 2 rings (SSSR count). The normalized spacial score (nSPS) is 10.3. The third-order valence-corrected chi connectivity index (χ3v) is 2.40. The van der Waals surface area contributed by atoms with Gasteiger partial charge in [0.15, 0.2) is 5.82 Å². The molecule has 94 valence electrons. The van der Waals surface area contributed by atoms with Gasteiger partial charge in [-0.05, 0) is 6.92 Å². The zero-order chi connectivity index (χ0) is 13.1. The van der Waals surface area contributed by atoms with Crippen LogP contribution in [0.3, 0.4) is 0 Å². The van der Waals surface area contributed by atoms with E-state index in [0.29, 0.717) is 5.82 Å². The summed E-state index contributed by atoms with van der Waals surface area (Å²) in [5, 5.41) is 17.8. The SMILES string of the molecule is CCn1ccc(Nc2cc([N+](=O)[O-])cc(Cl)n2)n1. The number of nitro groups is 1. The van der Waals surface area contributed by atoms with E-state index in [2.05, 4.69) is 15.4 Å². The maximum absolute atomic E-state index is 10.7. The summed E-state index contributed by atoms with van der Waals surface area (Å²) >= 11 is 5.71. The molecule has 7 nitrogen and oxygen atoms in total. The number of aryl methyl sites for hydroxylation is 1. The number of nitrogens with zero attached hydrogens (tertiary/aromatic N) is 4. The summed E-state index contributed by atoms with van der Waals surface area (Å²) in [6, 6.07) is 4.24. The minimum absolute atomic E-state index is 0.0571. The van der Waals surface area contributed by atoms with Crippen LogP contribution in [0.5, 0.6) is 0 Å². The molecule has 8 heteroatoms. The highest BCUT2D eigenvalue weighted by Gasteiger charge is 2.11. The lowest BCUT2D eigenvalue weighted by atomic mass is 10.4. The van der Waals surface area contributed by atoms with E-state index in [0.717, 1.165) is 6.54 Å². The summed E-state index contributed by atoms with van der Waals surface area (Å²) in [5.41, 5.74) is -0.118. The van der Waals surface area contributed by atoms with Crippen molar-refractivity contribution in [2.24, 2.45) is 0 Å². The first-order valence-electron chi connectivity index (χ1n) is 5.21. The van der Waals surface area contributed by atoms with E-state index in [1.165, 1.54) is 12.1 Å². The fourth-order valence-corrected chi connectivity index (χ4v) is 1.59. The molecule has 0 aromatic carbocycles. The summed E-state index contributed by atoms with van der Waals surface area (Å²) in [4.78, 5) is 14.1. The molecule has 0 aliphatic heterocycles. The first kappa shape index (κ1) is 12.3. The number of nitrogens with one attached hydrogen (secondary N) is 1. The van der Waals surface area contributed by atoms with Gasteiger partial charge in [0.25, 0.3) is 5.69 Å². The Morgan fingerprint density at radius 1 is 1.50 bits per heavy atom. The molecule has 0 fully saturated rings. The average molecular weight is 268 g/mol. The predicted molar refractivity (Wildman–Crippen MR) is 67.1 cm³/mol. The predicted octanol–water partition coefficient (Wildman–Crippen LogP) is 2.60. The van der Waals surface area contributed by atoms with Gasteiger partial charge in [0.2, 0.25) is 0 Å². The van der Waals surface area contributed by atoms with Crippen molar-refractivity contribution in [1.29, 1.82) is 0 Å². The molecule has 0 spiro atoms. The minimum Gasteiger partial charge on any atom is -0.323 e. The Morgan fingerprint density at radius 2 is 2.28 bits per heavy atom. The van der Waals surface area contributed by atoms with Gasteiger partial charge in [0.05, 0.1) is 17.1 Å². The van der Waals surface area contributed by atoms with Crippen molar-refractivity contribution < 1.29 is 4.92 Å². The maximum atomic E-state index is 10.7. The Morgan fingerprint density at radius 3 is 2.89 bits per heavy atom. The Bertz CT molecular complexity index is 583. The second-order valence-electron chi connectivity index (χ2n) is 3.47. The molecule has 0 bridgehead atoms. The van der Waals surface area contributed by atoms with Crippen molar-refractivity contribution in [3.63, 3.8) is 0 Å². The molecule has 0 atom stereocenters. The van der Waals surface area contributed by atoms with E-state index in [1.54, 1.807) is 16.9 Å². The molecule has 0 radical (unpaired) electrons. The molecule has 18 heavy (non-hydrogen) atoms. The molecule has 0 saturated heterocycles. The fraction of sp³-hybridized carbons (Fsp3) is 0.200. The number of aromatic nitrogens is 3. The van der Waals surface area contributed by atoms with Crippen LogP contribution in [-0.4, -0.2) is 19.7 Å². The largest absolute Gasteiger partial charge is 0.323 e. The van der Waals surface area contributed by atoms with Crippen LogP contribution in [0, 0.1) is 10.1 Å². The number of anilines is 2. The first-order chi connectivity index (χ1) is 8.58. The van der Waals surface area contributed by atoms with Gasteiger partial charge in [-0.2, -0.15) is 5.10 Å². The van der Waals surface area contributed by atoms with Crippen LogP contribution in [0.2, 0.25) is 5.15 Å². The highest BCUT2D eigenvalue weighted by atomic mass is 35.5. The molecular weight excluding hydrogens is 258 g/mol. The summed E-state index contributed by atoms with van der Waals surface area (Å²) < 4.78 is 1.72. The van der Waals surface area contributed by atoms with Crippen molar-refractivity contribution in [1.82, 2.24) is 14.8 Å². The van der Waals surface area contributed by atoms with Gasteiger partial charge in [0.1, 0.15) is 11.0 Å². The highest BCUT2D eigenvalue weighted by Crippen LogP contribution is 2.22. The Hall–Kier alpha value is -2.15. The summed E-state index contributed by atoms with van der Waals surface area (Å²) in [7, 11) is 0. The standard InChI is InChI=1S/C10H10ClN5O2/c1-2-15-4-3-9(14-15)13-10-6-7(16(17)18)5-8(11)12-10/h3-6H,2H2,1H3,(H,12,13,14). The van der Waals surface area contributed by atoms with Crippen molar-refractivity contribution in [3.8, 4) is 0 Å². The number of rotatable bonds is 4. The van der Waals surface area contributed by atoms with Crippen LogP contribution in [0.25, 0.3) is 0 Å². The van der Waals surface area contributed by atoms with Crippen LogP contribution >= 0.6 is 11.6 Å². The first-order valence-corrected chi connectivity index (χ1v) is 5.58. The molecule has 2 aromatic heterocycles. The van der Waals surface area contributed by atoms with Crippen LogP contribution < -0.4 is 5.32 Å². The highest BCUT2D eigenvalue weighted by molar-refractivity contribution is 6.29. The van der Waals surface area contributed by atoms with Crippen LogP contribution in [0.15, 0.2) is 24.4 Å². The van der Waals surface area contributed by atoms with Crippen LogP contribution in [-0.2, 0) is 6.54 Å². The number of hydrogen-bond acceptors (Lipinski definition) is 5. The van der Waals surface area contributed by atoms with Gasteiger partial charge in [0, 0.05) is 18.8 Å². The Labute approximate surface area is 108 Å². The van der Waals surface area contributed by atoms with E-state index in [4.69, 9.17) is 11.6 Å². The average Bonchev–Trinajstić information content (AvgIpc) is 2.76. The van der Waals surface area contributed by atoms with Crippen LogP contribution in [0.4, 0.5) is 17.3 Å². The van der Waals surface area contributed by atoms with E-state index in [9.17, 15) is 10.1 Å². The topological polar surface area (TPSA) is 85.9 Å². The van der Waals surface area contributed by atoms with Crippen molar-refractivity contribution >= 4 is 28.9 Å². The number of pyridine rings is 1. The van der Waals surface area contributed by atoms with Gasteiger partial charge in [-0.15, -0.1) is 0 Å². The van der Waals surface area contributed by atoms with Gasteiger partial charge >= 0.3 is 0 Å². The van der Waals surface area contributed by atoms with Crippen LogP contribution in [0.1, 0.15) is 6.92 Å². The number of halogens is 1. The Kier molecular flexibility index (Phi) is 3.42. The molecule has 0 aliphatic rings. The Balaban J connectivity index is 2.25. The van der Waals surface area contributed by atoms with Gasteiger partial charge in [-0.3, -0.25) is 14.8 Å². The van der Waals surface area contributed by atoms with Crippen molar-refractivity contribution in [2.75, 3.05) is 5.32 Å². The van der Waals surface area contributed by atoms with E-state index in [1.807, 2.05) is 6.92 Å². The summed E-state index contributed by atoms with van der Waals surface area (Å²) in [6.45, 7) is 2.70. The maximum Gasteiger partial charge on any atom is 0.276 e. The molecule has 0 unspecified atom stereocenters. The summed E-state index contributed by atoms with van der Waals surface area (Å²) in [6.07, 6.45) is 1.79. The van der Waals surface area contributed by atoms with Gasteiger partial charge in [-0.25, -0.2) is 4.98 Å².